The molecule has 0 saturated carbocycles. The van der Waals surface area contributed by atoms with Crippen LogP contribution in [-0.4, -0.2) is 26.6 Å². The Kier molecular flexibility index (Phi) is 5.71. The van der Waals surface area contributed by atoms with Gasteiger partial charge in [0.1, 0.15) is 5.00 Å². The number of imidazole rings is 1. The van der Waals surface area contributed by atoms with Crippen molar-refractivity contribution in [3.05, 3.63) is 57.7 Å². The van der Waals surface area contributed by atoms with E-state index in [4.69, 9.17) is 5.73 Å². The number of nitrogens with one attached hydrogen (secondary N) is 1. The quantitative estimate of drug-likeness (QED) is 0.561. The SMILES string of the molecule is Cc1cccc(-n2ccnc2SC(C)C(=O)Nc2sc3c(c2C(N)=O)CCC3)c1C. The Bertz CT molecular complexity index is 1130. The molecule has 0 aliphatic heterocycles. The molecule has 30 heavy (non-hydrogen) atoms. The molecule has 0 bridgehead atoms. The van der Waals surface area contributed by atoms with Crippen molar-refractivity contribution in [2.24, 2.45) is 5.73 Å². The lowest BCUT2D eigenvalue weighted by Gasteiger charge is -2.15. The summed E-state index contributed by atoms with van der Waals surface area (Å²) in [5.74, 6) is -0.645. The van der Waals surface area contributed by atoms with Gasteiger partial charge in [-0.15, -0.1) is 11.3 Å². The lowest BCUT2D eigenvalue weighted by molar-refractivity contribution is -0.115. The van der Waals surface area contributed by atoms with Gasteiger partial charge in [0.15, 0.2) is 5.16 Å². The van der Waals surface area contributed by atoms with Gasteiger partial charge >= 0.3 is 0 Å². The fourth-order valence-electron chi connectivity index (χ4n) is 3.74. The second kappa shape index (κ2) is 8.28. The standard InChI is InChI=1S/C22H24N4O2S2/c1-12-6-4-8-16(13(12)2)26-11-10-24-22(26)29-14(3)20(28)25-21-18(19(23)27)15-7-5-9-17(15)30-21/h4,6,8,10-11,14H,5,7,9H2,1-3H3,(H2,23,27)(H,25,28). The largest absolute Gasteiger partial charge is 0.365 e. The second-order valence-electron chi connectivity index (χ2n) is 7.47. The first-order valence-electron chi connectivity index (χ1n) is 9.88. The van der Waals surface area contributed by atoms with Crippen molar-refractivity contribution in [1.29, 1.82) is 0 Å². The predicted molar refractivity (Wildman–Crippen MR) is 122 cm³/mol. The molecule has 3 N–H and O–H groups in total. The maximum absolute atomic E-state index is 12.9. The summed E-state index contributed by atoms with van der Waals surface area (Å²) >= 11 is 2.86. The van der Waals surface area contributed by atoms with E-state index in [9.17, 15) is 9.59 Å². The number of primary amides is 1. The number of benzene rings is 1. The maximum Gasteiger partial charge on any atom is 0.251 e. The zero-order chi connectivity index (χ0) is 21.4. The van der Waals surface area contributed by atoms with Gasteiger partial charge in [-0.2, -0.15) is 0 Å². The molecule has 156 valence electrons. The number of amides is 2. The lowest BCUT2D eigenvalue weighted by Crippen LogP contribution is -2.24. The van der Waals surface area contributed by atoms with E-state index in [1.165, 1.54) is 34.2 Å². The molecular weight excluding hydrogens is 416 g/mol. The normalized spacial score (nSPS) is 13.8. The first-order chi connectivity index (χ1) is 14.4. The number of anilines is 1. The minimum absolute atomic E-state index is 0.169. The molecule has 1 atom stereocenters. The van der Waals surface area contributed by atoms with Gasteiger partial charge in [0.25, 0.3) is 5.91 Å². The van der Waals surface area contributed by atoms with Crippen LogP contribution in [0.3, 0.4) is 0 Å². The highest BCUT2D eigenvalue weighted by molar-refractivity contribution is 8.00. The van der Waals surface area contributed by atoms with Crippen molar-refractivity contribution in [2.75, 3.05) is 5.32 Å². The summed E-state index contributed by atoms with van der Waals surface area (Å²) in [6, 6.07) is 6.14. The molecule has 0 saturated heterocycles. The van der Waals surface area contributed by atoms with Crippen molar-refractivity contribution in [3.8, 4) is 5.69 Å². The number of nitrogens with zero attached hydrogens (tertiary/aromatic N) is 2. The zero-order valence-electron chi connectivity index (χ0n) is 17.2. The number of hydrogen-bond acceptors (Lipinski definition) is 5. The number of aromatic nitrogens is 2. The number of thioether (sulfide) groups is 1. The summed E-state index contributed by atoms with van der Waals surface area (Å²) in [5, 5.41) is 3.86. The highest BCUT2D eigenvalue weighted by Gasteiger charge is 2.27. The van der Waals surface area contributed by atoms with E-state index in [1.54, 1.807) is 6.20 Å². The van der Waals surface area contributed by atoms with Crippen molar-refractivity contribution in [1.82, 2.24) is 9.55 Å². The zero-order valence-corrected chi connectivity index (χ0v) is 18.8. The van der Waals surface area contributed by atoms with Crippen LogP contribution in [0.2, 0.25) is 0 Å². The van der Waals surface area contributed by atoms with Crippen LogP contribution < -0.4 is 11.1 Å². The van der Waals surface area contributed by atoms with Crippen LogP contribution in [0.4, 0.5) is 5.00 Å². The summed E-state index contributed by atoms with van der Waals surface area (Å²) in [7, 11) is 0. The van der Waals surface area contributed by atoms with Crippen molar-refractivity contribution >= 4 is 39.9 Å². The highest BCUT2D eigenvalue weighted by Crippen LogP contribution is 2.39. The average molecular weight is 441 g/mol. The molecule has 1 aromatic carbocycles. The minimum Gasteiger partial charge on any atom is -0.365 e. The average Bonchev–Trinajstić information content (AvgIpc) is 3.39. The number of carbonyl (C=O) groups is 2. The molecule has 1 aliphatic rings. The summed E-state index contributed by atoms with van der Waals surface area (Å²) in [5.41, 5.74) is 10.5. The van der Waals surface area contributed by atoms with E-state index in [-0.39, 0.29) is 5.91 Å². The van der Waals surface area contributed by atoms with E-state index >= 15 is 0 Å². The number of hydrogen-bond donors (Lipinski definition) is 2. The third-order valence-electron chi connectivity index (χ3n) is 5.50. The van der Waals surface area contributed by atoms with E-state index in [2.05, 4.69) is 30.2 Å². The number of carbonyl (C=O) groups excluding carboxylic acids is 2. The molecule has 2 aromatic heterocycles. The Morgan fingerprint density at radius 2 is 2.10 bits per heavy atom. The third-order valence-corrected chi connectivity index (χ3v) is 7.79. The van der Waals surface area contributed by atoms with E-state index in [0.717, 1.165) is 40.5 Å². The van der Waals surface area contributed by atoms with Gasteiger partial charge < -0.3 is 11.1 Å². The van der Waals surface area contributed by atoms with Crippen LogP contribution in [-0.2, 0) is 17.6 Å². The van der Waals surface area contributed by atoms with Gasteiger partial charge in [0.05, 0.1) is 16.5 Å². The van der Waals surface area contributed by atoms with Gasteiger partial charge in [-0.05, 0) is 62.8 Å². The van der Waals surface area contributed by atoms with Crippen LogP contribution in [0.1, 0.15) is 45.3 Å². The molecule has 1 aliphatic carbocycles. The van der Waals surface area contributed by atoms with Gasteiger partial charge in [-0.1, -0.05) is 23.9 Å². The summed E-state index contributed by atoms with van der Waals surface area (Å²) in [6.45, 7) is 6.00. The number of nitrogens with two attached hydrogens (primary N) is 1. The molecule has 6 nitrogen and oxygen atoms in total. The fraction of sp³-hybridized carbons (Fsp3) is 0.318. The Morgan fingerprint density at radius 1 is 1.30 bits per heavy atom. The number of rotatable bonds is 6. The van der Waals surface area contributed by atoms with Gasteiger partial charge in [-0.25, -0.2) is 4.98 Å². The van der Waals surface area contributed by atoms with E-state index in [0.29, 0.717) is 10.6 Å². The van der Waals surface area contributed by atoms with Crippen LogP contribution in [0.5, 0.6) is 0 Å². The lowest BCUT2D eigenvalue weighted by atomic mass is 10.1. The molecule has 1 unspecified atom stereocenters. The fourth-order valence-corrected chi connectivity index (χ4v) is 5.91. The van der Waals surface area contributed by atoms with Gasteiger partial charge in [-0.3, -0.25) is 14.2 Å². The monoisotopic (exact) mass is 440 g/mol. The summed E-state index contributed by atoms with van der Waals surface area (Å²) in [6.07, 6.45) is 6.46. The van der Waals surface area contributed by atoms with E-state index in [1.807, 2.05) is 29.8 Å². The first kappa shape index (κ1) is 20.7. The third kappa shape index (κ3) is 3.77. The summed E-state index contributed by atoms with van der Waals surface area (Å²) < 4.78 is 2.01. The maximum atomic E-state index is 12.9. The number of fused-ring (bicyclic) bond motifs is 1. The molecule has 4 rings (SSSR count). The Morgan fingerprint density at radius 3 is 2.87 bits per heavy atom. The van der Waals surface area contributed by atoms with Gasteiger partial charge in [0.2, 0.25) is 5.91 Å². The molecule has 0 fully saturated rings. The number of thiophene rings is 1. The smallest absolute Gasteiger partial charge is 0.251 e. The minimum atomic E-state index is -0.476. The second-order valence-corrected chi connectivity index (χ2v) is 9.89. The van der Waals surface area contributed by atoms with Crippen LogP contribution in [0.25, 0.3) is 5.69 Å². The molecule has 8 heteroatoms. The van der Waals surface area contributed by atoms with Crippen molar-refractivity contribution in [3.63, 3.8) is 0 Å². The predicted octanol–water partition coefficient (Wildman–Crippen LogP) is 4.26. The molecule has 0 spiro atoms. The van der Waals surface area contributed by atoms with Crippen LogP contribution in [0.15, 0.2) is 35.7 Å². The molecule has 0 radical (unpaired) electrons. The topological polar surface area (TPSA) is 90.0 Å². The Labute approximate surface area is 183 Å². The summed E-state index contributed by atoms with van der Waals surface area (Å²) in [4.78, 5) is 30.5. The van der Waals surface area contributed by atoms with Crippen molar-refractivity contribution in [2.45, 2.75) is 50.4 Å². The van der Waals surface area contributed by atoms with Gasteiger partial charge in [0, 0.05) is 17.3 Å². The Hall–Kier alpha value is -2.58. The highest BCUT2D eigenvalue weighted by atomic mass is 32.2. The molecule has 2 amide bonds. The van der Waals surface area contributed by atoms with Crippen LogP contribution >= 0.6 is 23.1 Å². The van der Waals surface area contributed by atoms with Crippen LogP contribution in [0, 0.1) is 13.8 Å². The molecular formula is C22H24N4O2S2. The molecule has 3 aromatic rings. The first-order valence-corrected chi connectivity index (χ1v) is 11.6. The molecule has 2 heterocycles. The Balaban J connectivity index is 1.53. The number of aryl methyl sites for hydroxylation is 2. The van der Waals surface area contributed by atoms with E-state index < -0.39 is 11.2 Å². The van der Waals surface area contributed by atoms with Crippen molar-refractivity contribution < 1.29 is 9.59 Å².